The molecule has 7 nitrogen and oxygen atoms in total. The minimum atomic E-state index is -0.615. The van der Waals surface area contributed by atoms with Gasteiger partial charge in [0.25, 0.3) is 5.91 Å². The van der Waals surface area contributed by atoms with Gasteiger partial charge in [-0.2, -0.15) is 0 Å². The monoisotopic (exact) mass is 395 g/mol. The molecule has 0 radical (unpaired) electrons. The summed E-state index contributed by atoms with van der Waals surface area (Å²) in [5.74, 6) is 0.338. The zero-order valence-electron chi connectivity index (χ0n) is 16.9. The minimum Gasteiger partial charge on any atom is -0.390 e. The number of nitrogens with one attached hydrogen (secondary N) is 1. The Labute approximate surface area is 171 Å². The Morgan fingerprint density at radius 1 is 1.28 bits per heavy atom. The fourth-order valence-corrected chi connectivity index (χ4v) is 4.26. The third-order valence-corrected chi connectivity index (χ3v) is 5.77. The number of amides is 1. The van der Waals surface area contributed by atoms with Gasteiger partial charge in [-0.15, -0.1) is 0 Å². The van der Waals surface area contributed by atoms with E-state index in [1.165, 1.54) is 17.5 Å². The molecule has 0 spiro atoms. The summed E-state index contributed by atoms with van der Waals surface area (Å²) >= 11 is 0. The molecule has 0 bridgehead atoms. The topological polar surface area (TPSA) is 81.6 Å². The zero-order chi connectivity index (χ0) is 20.2. The van der Waals surface area contributed by atoms with Gasteiger partial charge in [-0.05, 0) is 43.0 Å². The molecule has 1 fully saturated rings. The van der Waals surface area contributed by atoms with E-state index in [1.807, 2.05) is 0 Å². The van der Waals surface area contributed by atoms with Crippen LogP contribution in [0.25, 0.3) is 0 Å². The third-order valence-electron chi connectivity index (χ3n) is 5.77. The quantitative estimate of drug-likeness (QED) is 0.719. The SMILES string of the molecule is CN1CC(Cc2cc(C(=O)NC[C@H](O)CN3CCc4ccccc4C3)ncn2)C1. The van der Waals surface area contributed by atoms with Gasteiger partial charge in [0.05, 0.1) is 6.10 Å². The number of nitrogens with zero attached hydrogens (tertiary/aromatic N) is 4. The number of carbonyl (C=O) groups excluding carboxylic acids is 1. The summed E-state index contributed by atoms with van der Waals surface area (Å²) in [6, 6.07) is 10.2. The van der Waals surface area contributed by atoms with E-state index in [4.69, 9.17) is 0 Å². The largest absolute Gasteiger partial charge is 0.390 e. The molecule has 1 atom stereocenters. The maximum Gasteiger partial charge on any atom is 0.270 e. The van der Waals surface area contributed by atoms with E-state index in [9.17, 15) is 9.90 Å². The number of carbonyl (C=O) groups is 1. The Kier molecular flexibility index (Phi) is 6.18. The van der Waals surface area contributed by atoms with Crippen LogP contribution < -0.4 is 5.32 Å². The van der Waals surface area contributed by atoms with E-state index in [1.54, 1.807) is 6.07 Å². The molecule has 4 rings (SSSR count). The maximum atomic E-state index is 12.4. The number of aliphatic hydroxyl groups excluding tert-OH is 1. The molecular weight excluding hydrogens is 366 g/mol. The van der Waals surface area contributed by atoms with Gasteiger partial charge in [-0.25, -0.2) is 9.97 Å². The number of rotatable bonds is 7. The summed E-state index contributed by atoms with van der Waals surface area (Å²) in [6.07, 6.45) is 2.70. The Bertz CT molecular complexity index is 853. The molecule has 2 aromatic rings. The molecule has 2 N–H and O–H groups in total. The van der Waals surface area contributed by atoms with Crippen molar-refractivity contribution in [3.63, 3.8) is 0 Å². The fraction of sp³-hybridized carbons (Fsp3) is 0.500. The lowest BCUT2D eigenvalue weighted by atomic mass is 9.95. The van der Waals surface area contributed by atoms with Crippen molar-refractivity contribution < 1.29 is 9.90 Å². The summed E-state index contributed by atoms with van der Waals surface area (Å²) in [7, 11) is 2.10. The molecule has 0 saturated carbocycles. The first-order valence-corrected chi connectivity index (χ1v) is 10.3. The molecule has 1 aromatic heterocycles. The standard InChI is InChI=1S/C22H29N5O2/c1-26-11-16(12-26)8-19-9-21(25-15-24-19)22(29)23-10-20(28)14-27-7-6-17-4-2-3-5-18(17)13-27/h2-5,9,15-16,20,28H,6-8,10-14H2,1H3,(H,23,29)/t20-/m0/s1. The summed E-state index contributed by atoms with van der Waals surface area (Å²) in [4.78, 5) is 25.3. The number of aliphatic hydroxyl groups is 1. The van der Waals surface area contributed by atoms with Crippen LogP contribution in [0.5, 0.6) is 0 Å². The Morgan fingerprint density at radius 2 is 2.07 bits per heavy atom. The van der Waals surface area contributed by atoms with E-state index in [0.29, 0.717) is 18.2 Å². The summed E-state index contributed by atoms with van der Waals surface area (Å²) < 4.78 is 0. The number of hydrogen-bond acceptors (Lipinski definition) is 6. The predicted octanol–water partition coefficient (Wildman–Crippen LogP) is 0.730. The highest BCUT2D eigenvalue weighted by Crippen LogP contribution is 2.19. The zero-order valence-corrected chi connectivity index (χ0v) is 16.9. The second-order valence-electron chi connectivity index (χ2n) is 8.30. The van der Waals surface area contributed by atoms with Crippen LogP contribution in [0.2, 0.25) is 0 Å². The van der Waals surface area contributed by atoms with Crippen molar-refractivity contribution in [2.24, 2.45) is 5.92 Å². The minimum absolute atomic E-state index is 0.212. The average Bonchev–Trinajstić information content (AvgIpc) is 2.71. The van der Waals surface area contributed by atoms with Gasteiger partial charge in [-0.1, -0.05) is 24.3 Å². The van der Waals surface area contributed by atoms with Crippen LogP contribution in [0.1, 0.15) is 27.3 Å². The van der Waals surface area contributed by atoms with Crippen LogP contribution in [0, 0.1) is 5.92 Å². The van der Waals surface area contributed by atoms with E-state index < -0.39 is 6.10 Å². The van der Waals surface area contributed by atoms with Gasteiger partial charge < -0.3 is 15.3 Å². The van der Waals surface area contributed by atoms with E-state index in [2.05, 4.69) is 56.4 Å². The highest BCUT2D eigenvalue weighted by Gasteiger charge is 2.24. The van der Waals surface area contributed by atoms with Crippen LogP contribution in [0.4, 0.5) is 0 Å². The third kappa shape index (κ3) is 5.18. The second kappa shape index (κ2) is 8.98. The highest BCUT2D eigenvalue weighted by atomic mass is 16.3. The molecule has 1 saturated heterocycles. The smallest absolute Gasteiger partial charge is 0.270 e. The second-order valence-corrected chi connectivity index (χ2v) is 8.30. The van der Waals surface area contributed by atoms with Gasteiger partial charge in [0.1, 0.15) is 12.0 Å². The van der Waals surface area contributed by atoms with E-state index in [0.717, 1.165) is 44.7 Å². The van der Waals surface area contributed by atoms with Crippen LogP contribution in [0.15, 0.2) is 36.7 Å². The van der Waals surface area contributed by atoms with Crippen molar-refractivity contribution in [1.29, 1.82) is 0 Å². The van der Waals surface area contributed by atoms with Crippen LogP contribution in [-0.2, 0) is 19.4 Å². The Balaban J connectivity index is 1.24. The van der Waals surface area contributed by atoms with E-state index in [-0.39, 0.29) is 12.5 Å². The van der Waals surface area contributed by atoms with Crippen LogP contribution >= 0.6 is 0 Å². The molecule has 0 aliphatic carbocycles. The molecule has 7 heteroatoms. The van der Waals surface area contributed by atoms with Crippen molar-refractivity contribution in [1.82, 2.24) is 25.1 Å². The van der Waals surface area contributed by atoms with Gasteiger partial charge in [0.2, 0.25) is 0 Å². The first kappa shape index (κ1) is 19.9. The lowest BCUT2D eigenvalue weighted by molar-refractivity contribution is 0.0837. The van der Waals surface area contributed by atoms with Crippen LogP contribution in [-0.4, -0.2) is 76.7 Å². The molecule has 29 heavy (non-hydrogen) atoms. The molecule has 0 unspecified atom stereocenters. The number of β-amino-alcohol motifs (C(OH)–C–C–N with tert-alkyl or cyclic N) is 1. The highest BCUT2D eigenvalue weighted by molar-refractivity contribution is 5.92. The first-order valence-electron chi connectivity index (χ1n) is 10.3. The molecule has 2 aliphatic heterocycles. The first-order chi connectivity index (χ1) is 14.1. The average molecular weight is 396 g/mol. The Morgan fingerprint density at radius 3 is 2.86 bits per heavy atom. The van der Waals surface area contributed by atoms with Crippen molar-refractivity contribution in [3.8, 4) is 0 Å². The number of fused-ring (bicyclic) bond motifs is 1. The number of hydrogen-bond donors (Lipinski definition) is 2. The lowest BCUT2D eigenvalue weighted by Gasteiger charge is -2.36. The van der Waals surface area contributed by atoms with Gasteiger partial charge in [0, 0.05) is 45.0 Å². The van der Waals surface area contributed by atoms with Crippen LogP contribution in [0.3, 0.4) is 0 Å². The van der Waals surface area contributed by atoms with Gasteiger partial charge in [-0.3, -0.25) is 9.69 Å². The fourth-order valence-electron chi connectivity index (χ4n) is 4.26. The van der Waals surface area contributed by atoms with Crippen molar-refractivity contribution in [2.75, 3.05) is 39.8 Å². The Hall–Kier alpha value is -2.35. The van der Waals surface area contributed by atoms with Crippen molar-refractivity contribution >= 4 is 5.91 Å². The maximum absolute atomic E-state index is 12.4. The molecule has 2 aliphatic rings. The molecular formula is C22H29N5O2. The number of likely N-dealkylation sites (tertiary alicyclic amines) is 1. The predicted molar refractivity (Wildman–Crippen MR) is 110 cm³/mol. The van der Waals surface area contributed by atoms with Gasteiger partial charge in [0.15, 0.2) is 0 Å². The lowest BCUT2D eigenvalue weighted by Crippen LogP contribution is -2.44. The molecule has 1 aromatic carbocycles. The van der Waals surface area contributed by atoms with Crippen molar-refractivity contribution in [3.05, 3.63) is 59.2 Å². The number of benzene rings is 1. The van der Waals surface area contributed by atoms with E-state index >= 15 is 0 Å². The molecule has 3 heterocycles. The van der Waals surface area contributed by atoms with Gasteiger partial charge >= 0.3 is 0 Å². The summed E-state index contributed by atoms with van der Waals surface area (Å²) in [5, 5.41) is 13.2. The number of aromatic nitrogens is 2. The summed E-state index contributed by atoms with van der Waals surface area (Å²) in [5.41, 5.74) is 3.97. The molecule has 154 valence electrons. The van der Waals surface area contributed by atoms with Crippen molar-refractivity contribution in [2.45, 2.75) is 25.5 Å². The summed E-state index contributed by atoms with van der Waals surface area (Å²) in [6.45, 7) is 4.65. The normalized spacial score (nSPS) is 18.7. The molecule has 1 amide bonds.